The van der Waals surface area contributed by atoms with Crippen molar-refractivity contribution in [2.24, 2.45) is 0 Å². The van der Waals surface area contributed by atoms with Crippen LogP contribution in [0.1, 0.15) is 0 Å². The van der Waals surface area contributed by atoms with E-state index in [0.717, 1.165) is 11.0 Å². The molecular formula is C9H7BNO2. The minimum atomic E-state index is 0. The van der Waals surface area contributed by atoms with Gasteiger partial charge >= 0.3 is 7.69 Å². The number of aromatic nitrogens is 1. The third kappa shape index (κ3) is 1.30. The van der Waals surface area contributed by atoms with Crippen LogP contribution in [0.25, 0.3) is 21.8 Å². The predicted molar refractivity (Wildman–Crippen MR) is 51.8 cm³/mol. The van der Waals surface area contributed by atoms with Crippen LogP contribution in [0.4, 0.5) is 0 Å². The van der Waals surface area contributed by atoms with Gasteiger partial charge in [-0.3, -0.25) is 0 Å². The van der Waals surface area contributed by atoms with Crippen LogP contribution in [0.3, 0.4) is 0 Å². The van der Waals surface area contributed by atoms with E-state index in [1.165, 1.54) is 10.8 Å². The average molecular weight is 172 g/mol. The Labute approximate surface area is 75.6 Å². The van der Waals surface area contributed by atoms with Crippen molar-refractivity contribution >= 4 is 29.5 Å². The average Bonchev–Trinajstić information content (AvgIpc) is 2.20. The molecule has 3 nitrogen and oxygen atoms in total. The number of fused-ring (bicyclic) bond motifs is 2. The van der Waals surface area contributed by atoms with E-state index in [1.807, 2.05) is 0 Å². The van der Waals surface area contributed by atoms with Gasteiger partial charge in [0.1, 0.15) is 0 Å². The molecule has 0 saturated carbocycles. The van der Waals surface area contributed by atoms with Crippen LogP contribution in [0.5, 0.6) is 0 Å². The summed E-state index contributed by atoms with van der Waals surface area (Å²) in [6.45, 7) is 0. The monoisotopic (exact) mass is 172 g/mol. The third-order valence-electron chi connectivity index (χ3n) is 1.98. The molecule has 0 fully saturated rings. The van der Waals surface area contributed by atoms with E-state index in [4.69, 9.17) is 10.0 Å². The minimum absolute atomic E-state index is 0. The molecule has 0 amide bonds. The highest BCUT2D eigenvalue weighted by Crippen LogP contribution is 2.23. The van der Waals surface area contributed by atoms with E-state index < -0.39 is 0 Å². The lowest BCUT2D eigenvalue weighted by molar-refractivity contribution is 0.448. The fraction of sp³-hybridized carbons (Fsp3) is 0. The molecule has 3 aromatic heterocycles. The molecular weight excluding hydrogens is 165 g/mol. The molecule has 0 unspecified atom stereocenters. The normalized spacial score (nSPS) is 10.3. The number of hydrogen-bond donors (Lipinski definition) is 2. The van der Waals surface area contributed by atoms with Crippen molar-refractivity contribution in [1.29, 1.82) is 0 Å². The van der Waals surface area contributed by atoms with Gasteiger partial charge in [-0.1, -0.05) is 12.1 Å². The van der Waals surface area contributed by atoms with Gasteiger partial charge in [-0.15, -0.1) is 0 Å². The smallest absolute Gasteiger partial charge is 0.429 e. The van der Waals surface area contributed by atoms with Crippen molar-refractivity contribution in [1.82, 2.24) is 4.98 Å². The van der Waals surface area contributed by atoms with Gasteiger partial charge in [-0.05, 0) is 18.2 Å². The van der Waals surface area contributed by atoms with Crippen molar-refractivity contribution in [3.05, 3.63) is 30.3 Å². The van der Waals surface area contributed by atoms with Crippen LogP contribution >= 0.6 is 0 Å². The van der Waals surface area contributed by atoms with Crippen LogP contribution in [0, 0.1) is 0 Å². The number of nitrogens with zero attached hydrogens (tertiary/aromatic N) is 1. The molecule has 2 aromatic carbocycles. The van der Waals surface area contributed by atoms with E-state index >= 15 is 0 Å². The second-order valence-corrected chi connectivity index (χ2v) is 2.72. The van der Waals surface area contributed by atoms with Gasteiger partial charge in [0.2, 0.25) is 0 Å². The summed E-state index contributed by atoms with van der Waals surface area (Å²) >= 11 is 0. The Hall–Kier alpha value is -1.39. The summed E-state index contributed by atoms with van der Waals surface area (Å²) in [6, 6.07) is 10.5. The van der Waals surface area contributed by atoms with Crippen molar-refractivity contribution in [3.8, 4) is 0 Å². The first-order valence-electron chi connectivity index (χ1n) is 3.86. The fourth-order valence-electron chi connectivity index (χ4n) is 1.45. The van der Waals surface area contributed by atoms with E-state index in [0.29, 0.717) is 0 Å². The topological polar surface area (TPSA) is 53.4 Å². The molecule has 4 heteroatoms. The summed E-state index contributed by atoms with van der Waals surface area (Å²) in [4.78, 5) is 4.37. The summed E-state index contributed by atoms with van der Waals surface area (Å²) in [5, 5.41) is 16.5. The van der Waals surface area contributed by atoms with Gasteiger partial charge in [0.25, 0.3) is 0 Å². The zero-order valence-electron chi connectivity index (χ0n) is 6.81. The molecule has 5 aromatic rings. The van der Waals surface area contributed by atoms with Gasteiger partial charge < -0.3 is 10.0 Å². The molecule has 0 aliphatic heterocycles. The first-order valence-corrected chi connectivity index (χ1v) is 3.86. The minimum Gasteiger partial charge on any atom is -0.429 e. The maximum Gasteiger partial charge on any atom is 0.482 e. The lowest BCUT2D eigenvalue weighted by Crippen LogP contribution is -1.85. The van der Waals surface area contributed by atoms with E-state index in [1.54, 1.807) is 0 Å². The quantitative estimate of drug-likeness (QED) is 0.492. The first kappa shape index (κ1) is 8.22. The maximum atomic E-state index is 7.00. The first-order chi connectivity index (χ1) is 6.35. The van der Waals surface area contributed by atoms with Crippen molar-refractivity contribution in [3.63, 3.8) is 0 Å². The van der Waals surface area contributed by atoms with Crippen LogP contribution in [-0.4, -0.2) is 22.7 Å². The fourth-order valence-corrected chi connectivity index (χ4v) is 1.45. The second-order valence-electron chi connectivity index (χ2n) is 2.72. The van der Waals surface area contributed by atoms with Crippen LogP contribution in [0.2, 0.25) is 0 Å². The zero-order chi connectivity index (χ0) is 9.26. The molecule has 3 heterocycles. The highest BCUT2D eigenvalue weighted by Gasteiger charge is 2.02. The number of pyridine rings is 3. The Kier molecular flexibility index (Phi) is 2.00. The Bertz CT molecular complexity index is 401. The molecule has 4 bridgehead atoms. The van der Waals surface area contributed by atoms with Crippen molar-refractivity contribution < 1.29 is 10.0 Å². The molecule has 2 N–H and O–H groups in total. The van der Waals surface area contributed by atoms with E-state index in [-0.39, 0.29) is 7.69 Å². The van der Waals surface area contributed by atoms with Gasteiger partial charge in [-0.2, -0.15) is 0 Å². The van der Waals surface area contributed by atoms with Crippen LogP contribution in [0.15, 0.2) is 30.3 Å². The Morgan fingerprint density at radius 1 is 0.923 bits per heavy atom. The van der Waals surface area contributed by atoms with Gasteiger partial charge in [-0.25, -0.2) is 4.98 Å². The molecule has 0 saturated heterocycles. The maximum absolute atomic E-state index is 7.00. The number of benzene rings is 2. The molecule has 0 aliphatic rings. The Morgan fingerprint density at radius 2 is 1.38 bits per heavy atom. The van der Waals surface area contributed by atoms with Crippen LogP contribution < -0.4 is 0 Å². The van der Waals surface area contributed by atoms with Crippen molar-refractivity contribution in [2.45, 2.75) is 0 Å². The highest BCUT2D eigenvalue weighted by molar-refractivity contribution is 6.13. The van der Waals surface area contributed by atoms with Gasteiger partial charge in [0.05, 0.1) is 11.0 Å². The summed E-state index contributed by atoms with van der Waals surface area (Å²) in [5.41, 5.74) is 2.24. The third-order valence-corrected chi connectivity index (χ3v) is 1.98. The van der Waals surface area contributed by atoms with Crippen molar-refractivity contribution in [2.75, 3.05) is 0 Å². The summed E-state index contributed by atoms with van der Waals surface area (Å²) < 4.78 is 0. The number of hydrogen-bond acceptors (Lipinski definition) is 3. The lowest BCUT2D eigenvalue weighted by Gasteiger charge is -2.04. The second kappa shape index (κ2) is 3.16. The lowest BCUT2D eigenvalue weighted by atomic mass is 10.1. The molecule has 0 atom stereocenters. The standard InChI is InChI=1S/C9H5N.BH2O2/c1-3-8-7-2-4-9(10-8)6(1)5-7;2-1-3/h1-5H;2-3H. The number of rotatable bonds is 0. The molecule has 13 heavy (non-hydrogen) atoms. The molecule has 5 rings (SSSR count). The Morgan fingerprint density at radius 3 is 1.62 bits per heavy atom. The summed E-state index contributed by atoms with van der Waals surface area (Å²) in [5.74, 6) is 0. The zero-order valence-corrected chi connectivity index (χ0v) is 6.81. The van der Waals surface area contributed by atoms with E-state index in [9.17, 15) is 0 Å². The van der Waals surface area contributed by atoms with Gasteiger partial charge in [0.15, 0.2) is 0 Å². The predicted octanol–water partition coefficient (Wildman–Crippen LogP) is 0.769. The molecule has 63 valence electrons. The summed E-state index contributed by atoms with van der Waals surface area (Å²) in [6.07, 6.45) is 0. The Balaban J connectivity index is 0.000000196. The molecule has 0 spiro atoms. The summed E-state index contributed by atoms with van der Waals surface area (Å²) in [7, 11) is 0. The van der Waals surface area contributed by atoms with E-state index in [2.05, 4.69) is 35.3 Å². The molecule has 0 aliphatic carbocycles. The van der Waals surface area contributed by atoms with Gasteiger partial charge in [0, 0.05) is 10.8 Å². The molecule has 1 radical (unpaired) electrons. The largest absolute Gasteiger partial charge is 0.482 e. The SMILES string of the molecule is O[B]O.c1cc2nc3ccc2cc13. The van der Waals surface area contributed by atoms with Crippen LogP contribution in [-0.2, 0) is 0 Å². The highest BCUT2D eigenvalue weighted by atomic mass is 16.4.